The molecule has 3 heteroatoms. The number of aromatic nitrogens is 1. The molecular formula is C58H36N2S. The maximum Gasteiger partial charge on any atom is 0.0562 e. The van der Waals surface area contributed by atoms with Crippen molar-refractivity contribution < 1.29 is 0 Å². The zero-order chi connectivity index (χ0) is 40.0. The number of hydrogen-bond acceptors (Lipinski definition) is 2. The third-order valence-corrected chi connectivity index (χ3v) is 14.0. The average Bonchev–Trinajstić information content (AvgIpc) is 3.99. The van der Waals surface area contributed by atoms with Gasteiger partial charge >= 0.3 is 0 Å². The van der Waals surface area contributed by atoms with E-state index in [1.165, 1.54) is 91.7 Å². The molecule has 1 aliphatic carbocycles. The van der Waals surface area contributed by atoms with Crippen LogP contribution in [-0.2, 0) is 0 Å². The Balaban J connectivity index is 1.11. The molecule has 284 valence electrons. The van der Waals surface area contributed by atoms with E-state index in [1.807, 2.05) is 11.3 Å². The van der Waals surface area contributed by atoms with E-state index in [-0.39, 0.29) is 0 Å². The molecule has 61 heavy (non-hydrogen) atoms. The first-order valence-electron chi connectivity index (χ1n) is 20.9. The van der Waals surface area contributed by atoms with Gasteiger partial charge in [0.1, 0.15) is 0 Å². The highest BCUT2D eigenvalue weighted by Gasteiger charge is 2.28. The summed E-state index contributed by atoms with van der Waals surface area (Å²) in [5.41, 5.74) is 16.9. The Labute approximate surface area is 357 Å². The minimum absolute atomic E-state index is 1.13. The quantitative estimate of drug-likeness (QED) is 0.163. The van der Waals surface area contributed by atoms with Gasteiger partial charge in [-0.2, -0.15) is 0 Å². The molecular weight excluding hydrogens is 757 g/mol. The normalized spacial score (nSPS) is 11.9. The van der Waals surface area contributed by atoms with E-state index >= 15 is 0 Å². The van der Waals surface area contributed by atoms with Gasteiger partial charge in [0.05, 0.1) is 33.8 Å². The van der Waals surface area contributed by atoms with Crippen LogP contribution >= 0.6 is 11.3 Å². The Morgan fingerprint density at radius 2 is 0.885 bits per heavy atom. The molecule has 0 saturated heterocycles. The lowest BCUT2D eigenvalue weighted by atomic mass is 9.97. The molecule has 0 spiro atoms. The van der Waals surface area contributed by atoms with Crippen LogP contribution < -0.4 is 4.90 Å². The van der Waals surface area contributed by atoms with Crippen LogP contribution in [-0.4, -0.2) is 4.57 Å². The van der Waals surface area contributed by atoms with Crippen molar-refractivity contribution in [1.29, 1.82) is 0 Å². The predicted molar refractivity (Wildman–Crippen MR) is 261 cm³/mol. The Morgan fingerprint density at radius 1 is 0.311 bits per heavy atom. The molecule has 2 aromatic heterocycles. The summed E-state index contributed by atoms with van der Waals surface area (Å²) in [5.74, 6) is 0. The SMILES string of the molecule is c1ccc(-c2ccccc2N(c2ccc3c4c(cccc24)-c2ccccc2-3)c2cccc3c2c2ccccc2n3-c2ccccc2-c2cccc3c2sc2ccccc23)cc1. The second-order valence-corrected chi connectivity index (χ2v) is 17.0. The molecule has 0 amide bonds. The van der Waals surface area contributed by atoms with Crippen molar-refractivity contribution in [3.8, 4) is 50.2 Å². The molecule has 0 radical (unpaired) electrons. The Kier molecular flexibility index (Phi) is 7.51. The van der Waals surface area contributed by atoms with Gasteiger partial charge < -0.3 is 9.47 Å². The van der Waals surface area contributed by atoms with E-state index in [0.717, 1.165) is 28.3 Å². The van der Waals surface area contributed by atoms with Crippen LogP contribution in [0, 0.1) is 0 Å². The van der Waals surface area contributed by atoms with Crippen molar-refractivity contribution in [1.82, 2.24) is 4.57 Å². The molecule has 12 aromatic rings. The molecule has 0 aliphatic heterocycles. The van der Waals surface area contributed by atoms with Gasteiger partial charge in [0.15, 0.2) is 0 Å². The van der Waals surface area contributed by atoms with Crippen molar-refractivity contribution in [3.63, 3.8) is 0 Å². The van der Waals surface area contributed by atoms with E-state index in [0.29, 0.717) is 0 Å². The van der Waals surface area contributed by atoms with Crippen molar-refractivity contribution in [2.24, 2.45) is 0 Å². The third-order valence-electron chi connectivity index (χ3n) is 12.8. The number of anilines is 3. The van der Waals surface area contributed by atoms with Crippen LogP contribution in [0.1, 0.15) is 0 Å². The predicted octanol–water partition coefficient (Wildman–Crippen LogP) is 16.8. The minimum Gasteiger partial charge on any atom is -0.309 e. The highest BCUT2D eigenvalue weighted by atomic mass is 32.1. The highest BCUT2D eigenvalue weighted by Crippen LogP contribution is 2.53. The molecule has 1 aliphatic rings. The number of thiophene rings is 1. The molecule has 0 N–H and O–H groups in total. The smallest absolute Gasteiger partial charge is 0.0562 e. The summed E-state index contributed by atoms with van der Waals surface area (Å²) in [5, 5.41) is 7.58. The molecule has 0 bridgehead atoms. The van der Waals surface area contributed by atoms with Gasteiger partial charge in [-0.15, -0.1) is 11.3 Å². The number of nitrogens with zero attached hydrogens (tertiary/aromatic N) is 2. The van der Waals surface area contributed by atoms with E-state index in [1.54, 1.807) is 0 Å². The molecule has 2 nitrogen and oxygen atoms in total. The van der Waals surface area contributed by atoms with Crippen molar-refractivity contribution in [2.45, 2.75) is 0 Å². The summed E-state index contributed by atoms with van der Waals surface area (Å²) < 4.78 is 5.13. The van der Waals surface area contributed by atoms with Gasteiger partial charge in [-0.3, -0.25) is 0 Å². The number of hydrogen-bond donors (Lipinski definition) is 0. The second kappa shape index (κ2) is 13.4. The Hall–Kier alpha value is -7.72. The van der Waals surface area contributed by atoms with Crippen LogP contribution in [0.15, 0.2) is 218 Å². The topological polar surface area (TPSA) is 8.17 Å². The fourth-order valence-electron chi connectivity index (χ4n) is 10.2. The fraction of sp³-hybridized carbons (Fsp3) is 0. The monoisotopic (exact) mass is 792 g/mol. The molecule has 0 atom stereocenters. The van der Waals surface area contributed by atoms with Crippen LogP contribution in [0.2, 0.25) is 0 Å². The van der Waals surface area contributed by atoms with Crippen LogP contribution in [0.3, 0.4) is 0 Å². The van der Waals surface area contributed by atoms with E-state index < -0.39 is 0 Å². The number of rotatable bonds is 6. The maximum atomic E-state index is 2.54. The van der Waals surface area contributed by atoms with Crippen LogP contribution in [0.4, 0.5) is 17.1 Å². The molecule has 0 saturated carbocycles. The number of benzene rings is 10. The lowest BCUT2D eigenvalue weighted by Gasteiger charge is -2.30. The van der Waals surface area contributed by atoms with Gasteiger partial charge in [0.25, 0.3) is 0 Å². The van der Waals surface area contributed by atoms with E-state index in [4.69, 9.17) is 0 Å². The van der Waals surface area contributed by atoms with Crippen LogP contribution in [0.25, 0.3) is 103 Å². The zero-order valence-corrected chi connectivity index (χ0v) is 33.9. The molecule has 2 heterocycles. The molecule has 13 rings (SSSR count). The second-order valence-electron chi connectivity index (χ2n) is 15.9. The summed E-state index contributed by atoms with van der Waals surface area (Å²) in [7, 11) is 0. The summed E-state index contributed by atoms with van der Waals surface area (Å²) >= 11 is 1.88. The first-order chi connectivity index (χ1) is 30.3. The standard InChI is InChI=1S/C58H36N2S/c1-2-17-37(18-3-1)38-19-6-10-29-49(38)59(52-36-35-44-40-21-5-4-20-39(40)43-25-14-28-47(52)56(43)44)53-32-16-33-54-57(53)48-24-8-12-31-51(48)60(54)50-30-11-7-22-41(50)45-26-15-27-46-42-23-9-13-34-55(42)61-58(45)46/h1-36H. The van der Waals surface area contributed by atoms with Crippen molar-refractivity contribution in [2.75, 3.05) is 4.90 Å². The Morgan fingerprint density at radius 3 is 1.74 bits per heavy atom. The fourth-order valence-corrected chi connectivity index (χ4v) is 11.4. The van der Waals surface area contributed by atoms with Gasteiger partial charge in [-0.1, -0.05) is 176 Å². The largest absolute Gasteiger partial charge is 0.309 e. The van der Waals surface area contributed by atoms with E-state index in [9.17, 15) is 0 Å². The highest BCUT2D eigenvalue weighted by molar-refractivity contribution is 7.26. The molecule has 10 aromatic carbocycles. The lowest BCUT2D eigenvalue weighted by molar-refractivity contribution is 1.18. The van der Waals surface area contributed by atoms with E-state index in [2.05, 4.69) is 228 Å². The molecule has 0 unspecified atom stereocenters. The van der Waals surface area contributed by atoms with Crippen LogP contribution in [0.5, 0.6) is 0 Å². The summed E-state index contributed by atoms with van der Waals surface area (Å²) in [4.78, 5) is 2.54. The Bertz CT molecular complexity index is 3690. The third kappa shape index (κ3) is 5.02. The average molecular weight is 793 g/mol. The maximum absolute atomic E-state index is 2.54. The van der Waals surface area contributed by atoms with Crippen molar-refractivity contribution in [3.05, 3.63) is 218 Å². The van der Waals surface area contributed by atoms with Gasteiger partial charge in [-0.05, 0) is 75.7 Å². The van der Waals surface area contributed by atoms with Crippen molar-refractivity contribution >= 4 is 81.1 Å². The van der Waals surface area contributed by atoms with Gasteiger partial charge in [0, 0.05) is 53.0 Å². The van der Waals surface area contributed by atoms with Gasteiger partial charge in [0.2, 0.25) is 0 Å². The lowest BCUT2D eigenvalue weighted by Crippen LogP contribution is -2.12. The summed E-state index contributed by atoms with van der Waals surface area (Å²) in [6.45, 7) is 0. The zero-order valence-electron chi connectivity index (χ0n) is 33.1. The summed E-state index contributed by atoms with van der Waals surface area (Å²) in [6.07, 6.45) is 0. The molecule has 0 fully saturated rings. The number of para-hydroxylation sites is 3. The van der Waals surface area contributed by atoms with Gasteiger partial charge in [-0.25, -0.2) is 0 Å². The minimum atomic E-state index is 1.13. The number of fused-ring (bicyclic) bond motifs is 9. The first kappa shape index (κ1) is 34.2. The summed E-state index contributed by atoms with van der Waals surface area (Å²) in [6, 6.07) is 80.4. The first-order valence-corrected chi connectivity index (χ1v) is 21.8.